The molecular weight excluding hydrogens is 258 g/mol. The molecule has 0 saturated carbocycles. The van der Waals surface area contributed by atoms with Gasteiger partial charge in [-0.15, -0.1) is 0 Å². The number of carbonyl (C=O) groups excluding carboxylic acids is 1. The zero-order valence-electron chi connectivity index (χ0n) is 12.4. The van der Waals surface area contributed by atoms with Crippen LogP contribution in [0.15, 0.2) is 30.0 Å². The van der Waals surface area contributed by atoms with Gasteiger partial charge in [0.15, 0.2) is 11.5 Å². The molecule has 110 valence electrons. The Bertz CT molecular complexity index is 483. The molecule has 0 radical (unpaired) electrons. The topological polar surface area (TPSA) is 56.8 Å². The van der Waals surface area contributed by atoms with Gasteiger partial charge in [-0.3, -0.25) is 4.79 Å². The van der Waals surface area contributed by atoms with Crippen LogP contribution in [0.5, 0.6) is 11.5 Å². The molecule has 0 bridgehead atoms. The first-order valence-electron chi connectivity index (χ1n) is 6.31. The van der Waals surface area contributed by atoms with Gasteiger partial charge in [0.05, 0.1) is 27.1 Å². The lowest BCUT2D eigenvalue weighted by molar-refractivity contribution is -0.116. The van der Waals surface area contributed by atoms with Gasteiger partial charge in [-0.25, -0.2) is 0 Å². The van der Waals surface area contributed by atoms with Crippen LogP contribution in [0.2, 0.25) is 0 Å². The maximum atomic E-state index is 11.5. The normalized spacial score (nSPS) is 10.9. The van der Waals surface area contributed by atoms with Crippen LogP contribution in [0.4, 0.5) is 0 Å². The summed E-state index contributed by atoms with van der Waals surface area (Å²) in [5.41, 5.74) is 1.07. The van der Waals surface area contributed by atoms with Gasteiger partial charge in [0.2, 0.25) is 5.91 Å². The number of hydrogen-bond donors (Lipinski definition) is 1. The Morgan fingerprint density at radius 2 is 1.90 bits per heavy atom. The second kappa shape index (κ2) is 8.09. The molecule has 1 aromatic carbocycles. The fourth-order valence-electron chi connectivity index (χ4n) is 1.66. The Hall–Kier alpha value is -2.17. The minimum Gasteiger partial charge on any atom is -0.501 e. The van der Waals surface area contributed by atoms with E-state index in [1.165, 1.54) is 13.2 Å². The van der Waals surface area contributed by atoms with E-state index in [0.29, 0.717) is 30.2 Å². The fourth-order valence-corrected chi connectivity index (χ4v) is 1.66. The van der Waals surface area contributed by atoms with Crippen LogP contribution < -0.4 is 14.8 Å². The van der Waals surface area contributed by atoms with E-state index in [0.717, 1.165) is 5.56 Å². The van der Waals surface area contributed by atoms with Gasteiger partial charge in [0.25, 0.3) is 0 Å². The number of ether oxygens (including phenoxy) is 3. The quantitative estimate of drug-likeness (QED) is 0.612. The number of rotatable bonds is 7. The van der Waals surface area contributed by atoms with Crippen molar-refractivity contribution < 1.29 is 19.0 Å². The zero-order chi connectivity index (χ0) is 15.0. The molecule has 0 fully saturated rings. The highest BCUT2D eigenvalue weighted by molar-refractivity contribution is 5.87. The van der Waals surface area contributed by atoms with Gasteiger partial charge < -0.3 is 19.5 Å². The van der Waals surface area contributed by atoms with Crippen LogP contribution >= 0.6 is 0 Å². The summed E-state index contributed by atoms with van der Waals surface area (Å²) in [5.74, 6) is 1.80. The van der Waals surface area contributed by atoms with Crippen molar-refractivity contribution in [2.45, 2.75) is 13.3 Å². The molecule has 0 saturated heterocycles. The van der Waals surface area contributed by atoms with Gasteiger partial charge in [-0.05, 0) is 31.0 Å². The van der Waals surface area contributed by atoms with Crippen LogP contribution in [0.25, 0.3) is 0 Å². The lowest BCUT2D eigenvalue weighted by Gasteiger charge is -2.09. The molecule has 0 aromatic heterocycles. The second-order valence-corrected chi connectivity index (χ2v) is 4.19. The SMILES string of the molecule is CO/C(C)=C/C(=O)NCCc1ccc(OC)c(OC)c1. The number of benzene rings is 1. The molecule has 1 aromatic rings. The average Bonchev–Trinajstić information content (AvgIpc) is 2.46. The summed E-state index contributed by atoms with van der Waals surface area (Å²) < 4.78 is 15.3. The van der Waals surface area contributed by atoms with E-state index in [2.05, 4.69) is 5.32 Å². The summed E-state index contributed by atoms with van der Waals surface area (Å²) in [6.45, 7) is 2.27. The monoisotopic (exact) mass is 279 g/mol. The molecular formula is C15H21NO4. The lowest BCUT2D eigenvalue weighted by atomic mass is 10.1. The molecule has 1 rings (SSSR count). The Kier molecular flexibility index (Phi) is 6.43. The molecule has 0 atom stereocenters. The van der Waals surface area contributed by atoms with Crippen molar-refractivity contribution in [1.82, 2.24) is 5.32 Å². The van der Waals surface area contributed by atoms with Gasteiger partial charge in [0.1, 0.15) is 0 Å². The second-order valence-electron chi connectivity index (χ2n) is 4.19. The van der Waals surface area contributed by atoms with Gasteiger partial charge in [-0.2, -0.15) is 0 Å². The third kappa shape index (κ3) is 4.84. The summed E-state index contributed by atoms with van der Waals surface area (Å²) >= 11 is 0. The van der Waals surface area contributed by atoms with Crippen molar-refractivity contribution in [2.75, 3.05) is 27.9 Å². The van der Waals surface area contributed by atoms with Crippen LogP contribution in [0.1, 0.15) is 12.5 Å². The molecule has 0 aliphatic heterocycles. The molecule has 5 heteroatoms. The minimum atomic E-state index is -0.162. The molecule has 1 amide bonds. The highest BCUT2D eigenvalue weighted by Crippen LogP contribution is 2.27. The minimum absolute atomic E-state index is 0.162. The van der Waals surface area contributed by atoms with E-state index in [-0.39, 0.29) is 5.91 Å². The number of carbonyl (C=O) groups is 1. The largest absolute Gasteiger partial charge is 0.501 e. The number of allylic oxidation sites excluding steroid dienone is 1. The van der Waals surface area contributed by atoms with Crippen LogP contribution in [0.3, 0.4) is 0 Å². The molecule has 0 aliphatic carbocycles. The summed E-state index contributed by atoms with van der Waals surface area (Å²) in [4.78, 5) is 11.5. The highest BCUT2D eigenvalue weighted by Gasteiger charge is 2.05. The van der Waals surface area contributed by atoms with Crippen LogP contribution in [-0.4, -0.2) is 33.8 Å². The van der Waals surface area contributed by atoms with Gasteiger partial charge in [-0.1, -0.05) is 6.07 Å². The number of hydrogen-bond acceptors (Lipinski definition) is 4. The molecule has 0 spiro atoms. The summed E-state index contributed by atoms with van der Waals surface area (Å²) in [6, 6.07) is 5.70. The number of amides is 1. The Morgan fingerprint density at radius 1 is 1.20 bits per heavy atom. The molecule has 0 unspecified atom stereocenters. The zero-order valence-corrected chi connectivity index (χ0v) is 12.4. The van der Waals surface area contributed by atoms with E-state index in [1.807, 2.05) is 18.2 Å². The van der Waals surface area contributed by atoms with Gasteiger partial charge in [0, 0.05) is 12.6 Å². The van der Waals surface area contributed by atoms with E-state index in [1.54, 1.807) is 21.1 Å². The Balaban J connectivity index is 2.52. The van der Waals surface area contributed by atoms with Crippen LogP contribution in [0, 0.1) is 0 Å². The van der Waals surface area contributed by atoms with Crippen LogP contribution in [-0.2, 0) is 16.0 Å². The van der Waals surface area contributed by atoms with Crippen molar-refractivity contribution in [3.63, 3.8) is 0 Å². The highest BCUT2D eigenvalue weighted by atomic mass is 16.5. The summed E-state index contributed by atoms with van der Waals surface area (Å²) in [7, 11) is 4.73. The average molecular weight is 279 g/mol. The summed E-state index contributed by atoms with van der Waals surface area (Å²) in [6.07, 6.45) is 2.14. The van der Waals surface area contributed by atoms with Crippen molar-refractivity contribution in [2.24, 2.45) is 0 Å². The lowest BCUT2D eigenvalue weighted by Crippen LogP contribution is -2.24. The van der Waals surface area contributed by atoms with E-state index < -0.39 is 0 Å². The molecule has 0 aliphatic rings. The van der Waals surface area contributed by atoms with Crippen molar-refractivity contribution in [3.05, 3.63) is 35.6 Å². The first-order chi connectivity index (χ1) is 9.60. The molecule has 0 heterocycles. The first kappa shape index (κ1) is 15.9. The smallest absolute Gasteiger partial charge is 0.247 e. The standard InChI is InChI=1S/C15H21NO4/c1-11(18-2)9-15(17)16-8-7-12-5-6-13(19-3)14(10-12)20-4/h5-6,9-10H,7-8H2,1-4H3,(H,16,17)/b11-9+. The van der Waals surface area contributed by atoms with E-state index >= 15 is 0 Å². The van der Waals surface area contributed by atoms with E-state index in [4.69, 9.17) is 14.2 Å². The Labute approximate surface area is 119 Å². The molecule has 1 N–H and O–H groups in total. The third-order valence-corrected chi connectivity index (χ3v) is 2.82. The van der Waals surface area contributed by atoms with Crippen molar-refractivity contribution >= 4 is 5.91 Å². The summed E-state index contributed by atoms with van der Waals surface area (Å²) in [5, 5.41) is 2.80. The van der Waals surface area contributed by atoms with Crippen molar-refractivity contribution in [3.8, 4) is 11.5 Å². The predicted octanol–water partition coefficient (Wildman–Crippen LogP) is 1.91. The third-order valence-electron chi connectivity index (χ3n) is 2.82. The van der Waals surface area contributed by atoms with E-state index in [9.17, 15) is 4.79 Å². The fraction of sp³-hybridized carbons (Fsp3) is 0.400. The number of methoxy groups -OCH3 is 3. The maximum Gasteiger partial charge on any atom is 0.247 e. The molecule has 5 nitrogen and oxygen atoms in total. The van der Waals surface area contributed by atoms with Gasteiger partial charge >= 0.3 is 0 Å². The first-order valence-corrected chi connectivity index (χ1v) is 6.31. The predicted molar refractivity (Wildman–Crippen MR) is 77.0 cm³/mol. The Morgan fingerprint density at radius 3 is 2.50 bits per heavy atom. The van der Waals surface area contributed by atoms with Crippen molar-refractivity contribution in [1.29, 1.82) is 0 Å². The number of nitrogens with one attached hydrogen (secondary N) is 1. The molecule has 20 heavy (non-hydrogen) atoms. The maximum absolute atomic E-state index is 11.5.